The van der Waals surface area contributed by atoms with Crippen LogP contribution >= 0.6 is 11.6 Å². The molecule has 0 spiro atoms. The first-order valence-electron chi connectivity index (χ1n) is 8.83. The van der Waals surface area contributed by atoms with E-state index in [0.717, 1.165) is 25.3 Å². The molecule has 0 bridgehead atoms. The molecule has 0 aliphatic carbocycles. The molecule has 0 radical (unpaired) electrons. The van der Waals surface area contributed by atoms with Crippen molar-refractivity contribution in [3.8, 4) is 11.5 Å². The minimum Gasteiger partial charge on any atom is -0.495 e. The Bertz CT molecular complexity index is 813. The summed E-state index contributed by atoms with van der Waals surface area (Å²) in [6, 6.07) is 6.70. The molecule has 1 atom stereocenters. The predicted octanol–water partition coefficient (Wildman–Crippen LogP) is 3.64. The molecule has 1 saturated heterocycles. The van der Waals surface area contributed by atoms with E-state index in [-0.39, 0.29) is 11.6 Å². The number of benzene rings is 1. The number of ether oxygens (including phenoxy) is 2. The molecule has 2 aromatic rings. The van der Waals surface area contributed by atoms with Crippen LogP contribution < -0.4 is 19.7 Å². The molecule has 3 rings (SSSR count). The highest BCUT2D eigenvalue weighted by molar-refractivity contribution is 6.32. The van der Waals surface area contributed by atoms with Gasteiger partial charge in [-0.05, 0) is 30.9 Å². The Balaban J connectivity index is 1.75. The highest BCUT2D eigenvalue weighted by Crippen LogP contribution is 2.36. The van der Waals surface area contributed by atoms with E-state index in [0.29, 0.717) is 28.1 Å². The zero-order valence-corrected chi connectivity index (χ0v) is 16.4. The van der Waals surface area contributed by atoms with Gasteiger partial charge in [0.2, 0.25) is 0 Å². The lowest BCUT2D eigenvalue weighted by molar-refractivity contribution is 0.102. The molecule has 1 N–H and O–H groups in total. The molecule has 1 unspecified atom stereocenters. The Morgan fingerprint density at radius 2 is 2.00 bits per heavy atom. The monoisotopic (exact) mass is 390 g/mol. The summed E-state index contributed by atoms with van der Waals surface area (Å²) < 4.78 is 10.5. The molecule has 1 amide bonds. The topological polar surface area (TPSA) is 76.6 Å². The van der Waals surface area contributed by atoms with Gasteiger partial charge in [-0.25, -0.2) is 0 Å². The third-order valence-corrected chi connectivity index (χ3v) is 4.88. The van der Waals surface area contributed by atoms with Gasteiger partial charge in [-0.2, -0.15) is 0 Å². The largest absolute Gasteiger partial charge is 0.495 e. The highest BCUT2D eigenvalue weighted by atomic mass is 35.5. The van der Waals surface area contributed by atoms with E-state index in [1.807, 2.05) is 6.07 Å². The van der Waals surface area contributed by atoms with Crippen LogP contribution in [0.2, 0.25) is 5.02 Å². The van der Waals surface area contributed by atoms with Crippen molar-refractivity contribution in [3.63, 3.8) is 0 Å². The number of aromatic nitrogens is 2. The summed E-state index contributed by atoms with van der Waals surface area (Å²) in [5, 5.41) is 11.5. The number of methoxy groups -OCH3 is 2. The van der Waals surface area contributed by atoms with E-state index in [1.54, 1.807) is 18.2 Å². The van der Waals surface area contributed by atoms with Crippen LogP contribution in [0.5, 0.6) is 11.5 Å². The van der Waals surface area contributed by atoms with Gasteiger partial charge in [-0.3, -0.25) is 4.79 Å². The minimum absolute atomic E-state index is 0.222. The maximum atomic E-state index is 12.5. The van der Waals surface area contributed by atoms with Crippen molar-refractivity contribution in [2.75, 3.05) is 37.5 Å². The normalized spacial score (nSPS) is 16.7. The summed E-state index contributed by atoms with van der Waals surface area (Å²) in [5.74, 6) is 1.91. The van der Waals surface area contributed by atoms with Crippen molar-refractivity contribution in [2.45, 2.75) is 19.8 Å². The van der Waals surface area contributed by atoms with Gasteiger partial charge in [0.1, 0.15) is 11.5 Å². The molecule has 1 aliphatic heterocycles. The number of nitrogens with zero attached hydrogens (tertiary/aromatic N) is 3. The van der Waals surface area contributed by atoms with E-state index < -0.39 is 0 Å². The van der Waals surface area contributed by atoms with Gasteiger partial charge in [-0.15, -0.1) is 10.2 Å². The average Bonchev–Trinajstić information content (AvgIpc) is 2.69. The van der Waals surface area contributed by atoms with Crippen LogP contribution in [-0.4, -0.2) is 43.4 Å². The Kier molecular flexibility index (Phi) is 6.01. The van der Waals surface area contributed by atoms with Crippen LogP contribution in [0.3, 0.4) is 0 Å². The van der Waals surface area contributed by atoms with Crippen LogP contribution in [0, 0.1) is 5.92 Å². The van der Waals surface area contributed by atoms with Crippen molar-refractivity contribution >= 4 is 29.0 Å². The Morgan fingerprint density at radius 1 is 1.22 bits per heavy atom. The van der Waals surface area contributed by atoms with E-state index >= 15 is 0 Å². The average molecular weight is 391 g/mol. The molecule has 144 valence electrons. The fraction of sp³-hybridized carbons (Fsp3) is 0.421. The van der Waals surface area contributed by atoms with Crippen LogP contribution in [0.25, 0.3) is 0 Å². The molecular formula is C19H23ClN4O3. The summed E-state index contributed by atoms with van der Waals surface area (Å²) in [6.07, 6.45) is 2.38. The Morgan fingerprint density at radius 3 is 2.63 bits per heavy atom. The maximum Gasteiger partial charge on any atom is 0.276 e. The molecule has 1 aliphatic rings. The number of rotatable bonds is 5. The predicted molar refractivity (Wildman–Crippen MR) is 105 cm³/mol. The van der Waals surface area contributed by atoms with Crippen LogP contribution in [0.1, 0.15) is 30.3 Å². The van der Waals surface area contributed by atoms with Gasteiger partial charge in [-0.1, -0.05) is 18.5 Å². The van der Waals surface area contributed by atoms with E-state index in [1.165, 1.54) is 20.6 Å². The van der Waals surface area contributed by atoms with E-state index in [4.69, 9.17) is 21.1 Å². The first-order valence-corrected chi connectivity index (χ1v) is 9.21. The maximum absolute atomic E-state index is 12.5. The van der Waals surface area contributed by atoms with E-state index in [9.17, 15) is 4.79 Å². The number of amides is 1. The third kappa shape index (κ3) is 4.42. The molecule has 1 fully saturated rings. The minimum atomic E-state index is -0.385. The van der Waals surface area contributed by atoms with Gasteiger partial charge in [0.25, 0.3) is 5.91 Å². The van der Waals surface area contributed by atoms with Gasteiger partial charge in [0.15, 0.2) is 11.5 Å². The van der Waals surface area contributed by atoms with Crippen molar-refractivity contribution in [2.24, 2.45) is 5.92 Å². The smallest absolute Gasteiger partial charge is 0.276 e. The Labute approximate surface area is 163 Å². The van der Waals surface area contributed by atoms with Crippen molar-refractivity contribution in [1.82, 2.24) is 10.2 Å². The Hall–Kier alpha value is -2.54. The van der Waals surface area contributed by atoms with Gasteiger partial charge in [0.05, 0.1) is 24.9 Å². The van der Waals surface area contributed by atoms with Crippen LogP contribution in [0.15, 0.2) is 24.3 Å². The molecule has 1 aromatic carbocycles. The number of hydrogen-bond donors (Lipinski definition) is 1. The summed E-state index contributed by atoms with van der Waals surface area (Å²) in [4.78, 5) is 14.8. The number of carbonyl (C=O) groups excluding carboxylic acids is 1. The van der Waals surface area contributed by atoms with Crippen molar-refractivity contribution in [3.05, 3.63) is 35.0 Å². The molecule has 2 heterocycles. The second-order valence-corrected chi connectivity index (χ2v) is 7.02. The van der Waals surface area contributed by atoms with Crippen molar-refractivity contribution in [1.29, 1.82) is 0 Å². The van der Waals surface area contributed by atoms with Gasteiger partial charge >= 0.3 is 0 Å². The summed E-state index contributed by atoms with van der Waals surface area (Å²) in [7, 11) is 3.01. The zero-order valence-electron chi connectivity index (χ0n) is 15.7. The number of piperidine rings is 1. The molecule has 8 heteroatoms. The SMILES string of the molecule is COc1cc(NC(=O)c2ccc(N3CCCC(C)C3)nn2)c(OC)cc1Cl. The number of nitrogens with one attached hydrogen (secondary N) is 1. The lowest BCUT2D eigenvalue weighted by Gasteiger charge is -2.31. The lowest BCUT2D eigenvalue weighted by Crippen LogP contribution is -2.35. The van der Waals surface area contributed by atoms with Gasteiger partial charge in [0, 0.05) is 25.2 Å². The second kappa shape index (κ2) is 8.43. The second-order valence-electron chi connectivity index (χ2n) is 6.61. The molecule has 1 aromatic heterocycles. The standard InChI is InChI=1S/C19H23ClN4O3/c1-12-5-4-8-24(11-12)18-7-6-14(22-23-18)19(25)21-15-10-16(26-2)13(20)9-17(15)27-3/h6-7,9-10,12H,4-5,8,11H2,1-3H3,(H,21,25). The lowest BCUT2D eigenvalue weighted by atomic mass is 10.0. The first-order chi connectivity index (χ1) is 13.0. The third-order valence-electron chi connectivity index (χ3n) is 4.59. The molecular weight excluding hydrogens is 368 g/mol. The number of hydrogen-bond acceptors (Lipinski definition) is 6. The van der Waals surface area contributed by atoms with Gasteiger partial charge < -0.3 is 19.7 Å². The molecule has 0 saturated carbocycles. The first kappa shape index (κ1) is 19.2. The van der Waals surface area contributed by atoms with Crippen molar-refractivity contribution < 1.29 is 14.3 Å². The number of anilines is 2. The summed E-state index contributed by atoms with van der Waals surface area (Å²) in [6.45, 7) is 4.16. The fourth-order valence-electron chi connectivity index (χ4n) is 3.16. The summed E-state index contributed by atoms with van der Waals surface area (Å²) in [5.41, 5.74) is 0.666. The molecule has 27 heavy (non-hydrogen) atoms. The van der Waals surface area contributed by atoms with Crippen LogP contribution in [-0.2, 0) is 0 Å². The zero-order chi connectivity index (χ0) is 19.4. The summed E-state index contributed by atoms with van der Waals surface area (Å²) >= 11 is 6.09. The fourth-order valence-corrected chi connectivity index (χ4v) is 3.39. The van der Waals surface area contributed by atoms with Crippen LogP contribution in [0.4, 0.5) is 11.5 Å². The van der Waals surface area contributed by atoms with E-state index in [2.05, 4.69) is 27.3 Å². The molecule has 7 nitrogen and oxygen atoms in total. The number of carbonyl (C=O) groups is 1. The highest BCUT2D eigenvalue weighted by Gasteiger charge is 2.19. The quantitative estimate of drug-likeness (QED) is 0.839. The number of halogens is 1.